The van der Waals surface area contributed by atoms with Gasteiger partial charge >= 0.3 is 11.7 Å². The van der Waals surface area contributed by atoms with Gasteiger partial charge in [-0.2, -0.15) is 0 Å². The maximum Gasteiger partial charge on any atom is 0.342 e. The van der Waals surface area contributed by atoms with Gasteiger partial charge in [0, 0.05) is 25.5 Å². The molecule has 1 aromatic carbocycles. The minimum absolute atomic E-state index is 0.208. The molecular formula is C19H19N3O5S. The molecule has 0 unspecified atom stereocenters. The predicted molar refractivity (Wildman–Crippen MR) is 104 cm³/mol. The third kappa shape index (κ3) is 4.20. The lowest BCUT2D eigenvalue weighted by Crippen LogP contribution is -2.38. The van der Waals surface area contributed by atoms with Gasteiger partial charge in [-0.25, -0.2) is 14.6 Å². The summed E-state index contributed by atoms with van der Waals surface area (Å²) in [4.78, 5) is 40.6. The first kappa shape index (κ1) is 19.6. The van der Waals surface area contributed by atoms with Crippen LogP contribution in [0.25, 0.3) is 0 Å². The Morgan fingerprint density at radius 1 is 1.14 bits per heavy atom. The number of benzene rings is 1. The number of aryl methyl sites for hydroxylation is 1. The average Bonchev–Trinajstić information content (AvgIpc) is 3.11. The van der Waals surface area contributed by atoms with Gasteiger partial charge in [-0.15, -0.1) is 11.3 Å². The molecule has 146 valence electrons. The summed E-state index contributed by atoms with van der Waals surface area (Å²) in [5.74, 6) is -0.241. The molecule has 0 amide bonds. The lowest BCUT2D eigenvalue weighted by atomic mass is 10.2. The van der Waals surface area contributed by atoms with Crippen LogP contribution in [-0.2, 0) is 32.0 Å². The Bertz CT molecular complexity index is 1130. The summed E-state index contributed by atoms with van der Waals surface area (Å²) in [6.07, 6.45) is 0. The van der Waals surface area contributed by atoms with Crippen LogP contribution in [0.3, 0.4) is 0 Å². The van der Waals surface area contributed by atoms with Crippen molar-refractivity contribution in [3.63, 3.8) is 0 Å². The normalized spacial score (nSPS) is 10.7. The molecule has 3 rings (SSSR count). The number of carbonyl (C=O) groups is 1. The molecule has 0 aliphatic carbocycles. The summed E-state index contributed by atoms with van der Waals surface area (Å²) in [5, 5.41) is 2.83. The van der Waals surface area contributed by atoms with Crippen molar-refractivity contribution in [1.82, 2.24) is 14.1 Å². The molecule has 0 saturated carbocycles. The first-order valence-electron chi connectivity index (χ1n) is 8.42. The van der Waals surface area contributed by atoms with Crippen molar-refractivity contribution in [3.8, 4) is 5.75 Å². The van der Waals surface area contributed by atoms with Crippen molar-refractivity contribution in [2.24, 2.45) is 14.1 Å². The largest absolute Gasteiger partial charge is 0.486 e. The molecule has 0 radical (unpaired) electrons. The first-order chi connectivity index (χ1) is 13.4. The van der Waals surface area contributed by atoms with E-state index in [0.717, 1.165) is 15.3 Å². The van der Waals surface area contributed by atoms with Crippen molar-refractivity contribution < 1.29 is 14.3 Å². The zero-order chi connectivity index (χ0) is 20.3. The minimum atomic E-state index is -0.613. The lowest BCUT2D eigenvalue weighted by Gasteiger charge is -2.12. The SMILES string of the molecule is Cc1nc(COc2ccccc2C(=O)OCc2cc(=O)n(C)c(=O)n2C)cs1. The molecule has 0 atom stereocenters. The Morgan fingerprint density at radius 3 is 2.61 bits per heavy atom. The van der Waals surface area contributed by atoms with Crippen LogP contribution in [0.5, 0.6) is 5.75 Å². The van der Waals surface area contributed by atoms with Gasteiger partial charge in [0.2, 0.25) is 0 Å². The molecule has 0 aliphatic heterocycles. The quantitative estimate of drug-likeness (QED) is 0.585. The number of rotatable bonds is 6. The molecule has 0 fully saturated rings. The summed E-state index contributed by atoms with van der Waals surface area (Å²) in [7, 11) is 2.90. The monoisotopic (exact) mass is 401 g/mol. The van der Waals surface area contributed by atoms with Crippen molar-refractivity contribution in [2.45, 2.75) is 20.1 Å². The van der Waals surface area contributed by atoms with E-state index in [1.165, 1.54) is 36.1 Å². The molecule has 28 heavy (non-hydrogen) atoms. The third-order valence-electron chi connectivity index (χ3n) is 4.13. The number of aromatic nitrogens is 3. The van der Waals surface area contributed by atoms with Gasteiger partial charge in [0.15, 0.2) is 0 Å². The highest BCUT2D eigenvalue weighted by molar-refractivity contribution is 7.09. The Labute approximate surface area is 164 Å². The van der Waals surface area contributed by atoms with E-state index >= 15 is 0 Å². The molecule has 0 spiro atoms. The van der Waals surface area contributed by atoms with Crippen molar-refractivity contribution >= 4 is 17.3 Å². The highest BCUT2D eigenvalue weighted by atomic mass is 32.1. The van der Waals surface area contributed by atoms with Crippen molar-refractivity contribution in [1.29, 1.82) is 0 Å². The van der Waals surface area contributed by atoms with E-state index in [2.05, 4.69) is 4.98 Å². The second kappa shape index (κ2) is 8.22. The molecule has 8 nitrogen and oxygen atoms in total. The van der Waals surface area contributed by atoms with Crippen molar-refractivity contribution in [3.05, 3.63) is 78.5 Å². The molecule has 3 aromatic rings. The number of nitrogens with zero attached hydrogens (tertiary/aromatic N) is 3. The Balaban J connectivity index is 1.73. The van der Waals surface area contributed by atoms with Crippen LogP contribution in [0.15, 0.2) is 45.3 Å². The number of carbonyl (C=O) groups excluding carboxylic acids is 1. The number of para-hydroxylation sites is 1. The Kier molecular flexibility index (Phi) is 5.74. The molecule has 0 bridgehead atoms. The summed E-state index contributed by atoms with van der Waals surface area (Å²) in [6.45, 7) is 1.93. The topological polar surface area (TPSA) is 92.4 Å². The van der Waals surface area contributed by atoms with Gasteiger partial charge in [-0.05, 0) is 19.1 Å². The number of thiazole rings is 1. The zero-order valence-electron chi connectivity index (χ0n) is 15.7. The van der Waals surface area contributed by atoms with E-state index in [9.17, 15) is 14.4 Å². The van der Waals surface area contributed by atoms with Gasteiger partial charge in [0.1, 0.15) is 24.5 Å². The third-order valence-corrected chi connectivity index (χ3v) is 4.95. The average molecular weight is 401 g/mol. The van der Waals surface area contributed by atoms with Crippen LogP contribution in [0.1, 0.15) is 26.8 Å². The second-order valence-corrected chi connectivity index (χ2v) is 7.16. The predicted octanol–water partition coefficient (Wildman–Crippen LogP) is 1.78. The van der Waals surface area contributed by atoms with E-state index in [-0.39, 0.29) is 18.8 Å². The van der Waals surface area contributed by atoms with E-state index in [1.807, 2.05) is 12.3 Å². The second-order valence-electron chi connectivity index (χ2n) is 6.09. The molecule has 0 N–H and O–H groups in total. The number of ether oxygens (including phenoxy) is 2. The summed E-state index contributed by atoms with van der Waals surface area (Å²) in [5.41, 5.74) is 0.388. The summed E-state index contributed by atoms with van der Waals surface area (Å²) in [6, 6.07) is 7.98. The first-order valence-corrected chi connectivity index (χ1v) is 9.30. The van der Waals surface area contributed by atoms with E-state index < -0.39 is 17.2 Å². The van der Waals surface area contributed by atoms with E-state index in [4.69, 9.17) is 9.47 Å². The summed E-state index contributed by atoms with van der Waals surface area (Å²) < 4.78 is 13.3. The zero-order valence-corrected chi connectivity index (χ0v) is 16.5. The van der Waals surface area contributed by atoms with Crippen LogP contribution in [-0.4, -0.2) is 20.1 Å². The van der Waals surface area contributed by atoms with E-state index in [0.29, 0.717) is 11.4 Å². The van der Waals surface area contributed by atoms with E-state index in [1.54, 1.807) is 24.3 Å². The molecule has 0 saturated heterocycles. The maximum absolute atomic E-state index is 12.5. The van der Waals surface area contributed by atoms with Crippen LogP contribution >= 0.6 is 11.3 Å². The van der Waals surface area contributed by atoms with Gasteiger partial charge in [0.05, 0.1) is 16.4 Å². The van der Waals surface area contributed by atoms with Gasteiger partial charge < -0.3 is 9.47 Å². The molecule has 2 aromatic heterocycles. The molecule has 9 heteroatoms. The van der Waals surface area contributed by atoms with Crippen LogP contribution in [0, 0.1) is 6.92 Å². The van der Waals surface area contributed by atoms with Crippen LogP contribution in [0.4, 0.5) is 0 Å². The fraction of sp³-hybridized carbons (Fsp3) is 0.263. The molecular weight excluding hydrogens is 382 g/mol. The van der Waals surface area contributed by atoms with Gasteiger partial charge in [-0.3, -0.25) is 13.9 Å². The number of hydrogen-bond acceptors (Lipinski definition) is 7. The lowest BCUT2D eigenvalue weighted by molar-refractivity contribution is 0.0457. The molecule has 2 heterocycles. The standard InChI is InChI=1S/C19H19N3O5S/c1-12-20-13(11-28-12)9-26-16-7-5-4-6-15(16)18(24)27-10-14-8-17(23)22(3)19(25)21(14)2/h4-8,11H,9-10H2,1-3H3. The molecule has 0 aliphatic rings. The number of esters is 1. The highest BCUT2D eigenvalue weighted by Crippen LogP contribution is 2.21. The Hall–Kier alpha value is -3.20. The Morgan fingerprint density at radius 2 is 1.89 bits per heavy atom. The fourth-order valence-electron chi connectivity index (χ4n) is 2.52. The smallest absolute Gasteiger partial charge is 0.342 e. The highest BCUT2D eigenvalue weighted by Gasteiger charge is 2.16. The number of hydrogen-bond donors (Lipinski definition) is 0. The van der Waals surface area contributed by atoms with Gasteiger partial charge in [-0.1, -0.05) is 12.1 Å². The fourth-order valence-corrected chi connectivity index (χ4v) is 3.12. The van der Waals surface area contributed by atoms with Crippen molar-refractivity contribution in [2.75, 3.05) is 0 Å². The van der Waals surface area contributed by atoms with Crippen LogP contribution in [0.2, 0.25) is 0 Å². The maximum atomic E-state index is 12.5. The van der Waals surface area contributed by atoms with Crippen LogP contribution < -0.4 is 16.0 Å². The van der Waals surface area contributed by atoms with Gasteiger partial charge in [0.25, 0.3) is 5.56 Å². The summed E-state index contributed by atoms with van der Waals surface area (Å²) >= 11 is 1.52. The minimum Gasteiger partial charge on any atom is -0.486 e.